The smallest absolute Gasteiger partial charge is 0.153 e. The Bertz CT molecular complexity index is 421. The standard InChI is InChI=1S/C10H7F2NO/c1-2-8-9(11)6(4-13)3-7(5-14)10(8)12/h3,5H,2H2,1H3. The molecule has 1 rings (SSSR count). The van der Waals surface area contributed by atoms with Crippen LogP contribution in [-0.4, -0.2) is 6.29 Å². The summed E-state index contributed by atoms with van der Waals surface area (Å²) in [7, 11) is 0. The first-order valence-electron chi connectivity index (χ1n) is 4.01. The number of carbonyl (C=O) groups is 1. The van der Waals surface area contributed by atoms with Crippen molar-refractivity contribution in [3.8, 4) is 6.07 Å². The summed E-state index contributed by atoms with van der Waals surface area (Å²) in [5.74, 6) is -1.75. The van der Waals surface area contributed by atoms with E-state index >= 15 is 0 Å². The zero-order chi connectivity index (χ0) is 10.7. The fourth-order valence-corrected chi connectivity index (χ4v) is 1.19. The van der Waals surface area contributed by atoms with Crippen LogP contribution in [0.1, 0.15) is 28.4 Å². The monoisotopic (exact) mass is 195 g/mol. The average Bonchev–Trinajstić information content (AvgIpc) is 2.19. The molecule has 0 radical (unpaired) electrons. The van der Waals surface area contributed by atoms with Crippen molar-refractivity contribution in [3.63, 3.8) is 0 Å². The third-order valence-electron chi connectivity index (χ3n) is 1.92. The van der Waals surface area contributed by atoms with Crippen molar-refractivity contribution in [3.05, 3.63) is 34.4 Å². The van der Waals surface area contributed by atoms with Crippen LogP contribution in [-0.2, 0) is 6.42 Å². The second kappa shape index (κ2) is 3.97. The normalized spacial score (nSPS) is 9.57. The molecule has 0 saturated heterocycles. The van der Waals surface area contributed by atoms with Crippen LogP contribution in [0.4, 0.5) is 8.78 Å². The van der Waals surface area contributed by atoms with Crippen LogP contribution in [0.15, 0.2) is 6.07 Å². The summed E-state index contributed by atoms with van der Waals surface area (Å²) in [5, 5.41) is 8.52. The summed E-state index contributed by atoms with van der Waals surface area (Å²) in [6.07, 6.45) is 0.378. The summed E-state index contributed by atoms with van der Waals surface area (Å²) in [6, 6.07) is 2.48. The minimum atomic E-state index is -0.877. The zero-order valence-corrected chi connectivity index (χ0v) is 7.47. The maximum absolute atomic E-state index is 13.3. The number of hydrogen-bond donors (Lipinski definition) is 0. The van der Waals surface area contributed by atoms with Gasteiger partial charge in [0, 0.05) is 5.56 Å². The summed E-state index contributed by atoms with van der Waals surface area (Å²) < 4.78 is 26.5. The highest BCUT2D eigenvalue weighted by molar-refractivity contribution is 5.76. The molecule has 0 saturated carbocycles. The predicted molar refractivity (Wildman–Crippen MR) is 45.8 cm³/mol. The summed E-state index contributed by atoms with van der Waals surface area (Å²) in [6.45, 7) is 1.55. The van der Waals surface area contributed by atoms with E-state index in [4.69, 9.17) is 5.26 Å². The molecule has 0 atom stereocenters. The van der Waals surface area contributed by atoms with Crippen molar-refractivity contribution in [2.75, 3.05) is 0 Å². The number of rotatable bonds is 2. The zero-order valence-electron chi connectivity index (χ0n) is 7.47. The van der Waals surface area contributed by atoms with Crippen LogP contribution in [0.3, 0.4) is 0 Å². The SMILES string of the molecule is CCc1c(F)c(C#N)cc(C=O)c1F. The van der Waals surface area contributed by atoms with Crippen LogP contribution in [0, 0.1) is 23.0 Å². The number of aldehydes is 1. The fraction of sp³-hybridized carbons (Fsp3) is 0.200. The van der Waals surface area contributed by atoms with E-state index in [0.717, 1.165) is 6.07 Å². The minimum Gasteiger partial charge on any atom is -0.298 e. The van der Waals surface area contributed by atoms with Gasteiger partial charge in [0.2, 0.25) is 0 Å². The molecule has 0 aromatic heterocycles. The van der Waals surface area contributed by atoms with Gasteiger partial charge < -0.3 is 0 Å². The molecule has 0 aliphatic heterocycles. The Morgan fingerprint density at radius 3 is 2.57 bits per heavy atom. The topological polar surface area (TPSA) is 40.9 Å². The van der Waals surface area contributed by atoms with Gasteiger partial charge in [-0.25, -0.2) is 8.78 Å². The molecule has 0 aliphatic carbocycles. The Morgan fingerprint density at radius 1 is 1.50 bits per heavy atom. The Labute approximate surface area is 79.8 Å². The van der Waals surface area contributed by atoms with Gasteiger partial charge in [0.25, 0.3) is 0 Å². The highest BCUT2D eigenvalue weighted by Gasteiger charge is 2.16. The minimum absolute atomic E-state index is 0.105. The summed E-state index contributed by atoms with van der Waals surface area (Å²) in [5.41, 5.74) is -0.795. The van der Waals surface area contributed by atoms with E-state index in [2.05, 4.69) is 0 Å². The van der Waals surface area contributed by atoms with Gasteiger partial charge in [-0.2, -0.15) is 5.26 Å². The third-order valence-corrected chi connectivity index (χ3v) is 1.92. The number of carbonyl (C=O) groups excluding carboxylic acids is 1. The first-order chi connectivity index (χ1) is 6.65. The number of benzene rings is 1. The highest BCUT2D eigenvalue weighted by atomic mass is 19.1. The van der Waals surface area contributed by atoms with Crippen molar-refractivity contribution in [2.24, 2.45) is 0 Å². The Kier molecular flexibility index (Phi) is 2.92. The molecule has 0 amide bonds. The van der Waals surface area contributed by atoms with E-state index in [1.54, 1.807) is 13.0 Å². The fourth-order valence-electron chi connectivity index (χ4n) is 1.19. The molecule has 72 valence electrons. The van der Waals surface area contributed by atoms with E-state index < -0.39 is 11.6 Å². The van der Waals surface area contributed by atoms with E-state index in [1.165, 1.54) is 0 Å². The molecule has 0 unspecified atom stereocenters. The van der Waals surface area contributed by atoms with Crippen molar-refractivity contribution in [1.82, 2.24) is 0 Å². The predicted octanol–water partition coefficient (Wildman–Crippen LogP) is 2.21. The van der Waals surface area contributed by atoms with Crippen molar-refractivity contribution >= 4 is 6.29 Å². The highest BCUT2D eigenvalue weighted by Crippen LogP contribution is 2.20. The molecule has 2 nitrogen and oxygen atoms in total. The molecular weight excluding hydrogens is 188 g/mol. The van der Waals surface area contributed by atoms with E-state index in [1.807, 2.05) is 0 Å². The van der Waals surface area contributed by atoms with Crippen LogP contribution in [0.2, 0.25) is 0 Å². The molecule has 4 heteroatoms. The quantitative estimate of drug-likeness (QED) is 0.679. The lowest BCUT2D eigenvalue weighted by molar-refractivity contribution is 0.111. The van der Waals surface area contributed by atoms with E-state index in [-0.39, 0.29) is 29.4 Å². The number of halogens is 2. The van der Waals surface area contributed by atoms with Gasteiger partial charge >= 0.3 is 0 Å². The first-order valence-corrected chi connectivity index (χ1v) is 4.01. The Morgan fingerprint density at radius 2 is 2.14 bits per heavy atom. The maximum Gasteiger partial charge on any atom is 0.153 e. The molecule has 0 N–H and O–H groups in total. The molecule has 0 heterocycles. The van der Waals surface area contributed by atoms with Crippen molar-refractivity contribution in [1.29, 1.82) is 5.26 Å². The molecular formula is C10H7F2NO. The second-order valence-electron chi connectivity index (χ2n) is 2.70. The molecule has 14 heavy (non-hydrogen) atoms. The van der Waals surface area contributed by atoms with Gasteiger partial charge in [0.05, 0.1) is 11.1 Å². The van der Waals surface area contributed by atoms with Crippen LogP contribution in [0.5, 0.6) is 0 Å². The number of nitrogens with zero attached hydrogens (tertiary/aromatic N) is 1. The van der Waals surface area contributed by atoms with E-state index in [9.17, 15) is 13.6 Å². The lowest BCUT2D eigenvalue weighted by Gasteiger charge is -2.05. The third kappa shape index (κ3) is 1.49. The van der Waals surface area contributed by atoms with E-state index in [0.29, 0.717) is 0 Å². The molecule has 0 bridgehead atoms. The largest absolute Gasteiger partial charge is 0.298 e. The molecule has 1 aromatic carbocycles. The molecule has 0 aliphatic rings. The van der Waals surface area contributed by atoms with Gasteiger partial charge in [0.1, 0.15) is 17.7 Å². The Balaban J connectivity index is 3.56. The summed E-state index contributed by atoms with van der Waals surface area (Å²) in [4.78, 5) is 10.4. The van der Waals surface area contributed by atoms with Gasteiger partial charge in [0.15, 0.2) is 6.29 Å². The van der Waals surface area contributed by atoms with Gasteiger partial charge in [-0.15, -0.1) is 0 Å². The van der Waals surface area contributed by atoms with Gasteiger partial charge in [-0.3, -0.25) is 4.79 Å². The first kappa shape index (κ1) is 10.3. The van der Waals surface area contributed by atoms with Crippen LogP contribution < -0.4 is 0 Å². The Hall–Kier alpha value is -1.76. The molecule has 0 spiro atoms. The summed E-state index contributed by atoms with van der Waals surface area (Å²) >= 11 is 0. The molecule has 0 fully saturated rings. The number of hydrogen-bond acceptors (Lipinski definition) is 2. The lowest BCUT2D eigenvalue weighted by Crippen LogP contribution is -2.02. The van der Waals surface area contributed by atoms with Crippen molar-refractivity contribution < 1.29 is 13.6 Å². The lowest BCUT2D eigenvalue weighted by atomic mass is 10.0. The maximum atomic E-state index is 13.3. The number of nitriles is 1. The van der Waals surface area contributed by atoms with Gasteiger partial charge in [-0.05, 0) is 12.5 Å². The van der Waals surface area contributed by atoms with Gasteiger partial charge in [-0.1, -0.05) is 6.92 Å². The van der Waals surface area contributed by atoms with Crippen molar-refractivity contribution in [2.45, 2.75) is 13.3 Å². The molecule has 1 aromatic rings. The average molecular weight is 195 g/mol. The van der Waals surface area contributed by atoms with Crippen LogP contribution in [0.25, 0.3) is 0 Å². The van der Waals surface area contributed by atoms with Crippen LogP contribution >= 0.6 is 0 Å². The second-order valence-corrected chi connectivity index (χ2v) is 2.70.